The Bertz CT molecular complexity index is 1810. The number of hydrogen-bond acceptors (Lipinski definition) is 8. The summed E-state index contributed by atoms with van der Waals surface area (Å²) in [4.78, 5) is 21.7. The predicted octanol–water partition coefficient (Wildman–Crippen LogP) is 10.0. The highest BCUT2D eigenvalue weighted by Crippen LogP contribution is 2.74. The van der Waals surface area contributed by atoms with Gasteiger partial charge < -0.3 is 24.6 Å². The van der Waals surface area contributed by atoms with Crippen LogP contribution in [-0.4, -0.2) is 75.1 Å². The maximum atomic E-state index is 12.6. The first-order chi connectivity index (χ1) is 26.7. The van der Waals surface area contributed by atoms with Gasteiger partial charge in [0.05, 0.1) is 32.0 Å². The molecule has 4 fully saturated rings. The van der Waals surface area contributed by atoms with Gasteiger partial charge in [0.25, 0.3) is 0 Å². The van der Waals surface area contributed by atoms with E-state index in [-0.39, 0.29) is 56.1 Å². The average Bonchev–Trinajstić information content (AvgIpc) is 3.65. The molecule has 0 unspecified atom stereocenters. The summed E-state index contributed by atoms with van der Waals surface area (Å²) in [6.45, 7) is 30.6. The Hall–Kier alpha value is -2.82. The van der Waals surface area contributed by atoms with Gasteiger partial charge >= 0.3 is 6.16 Å². The largest absolute Gasteiger partial charge is 0.506 e. The van der Waals surface area contributed by atoms with Crippen molar-refractivity contribution in [2.24, 2.45) is 56.2 Å². The lowest BCUT2D eigenvalue weighted by Crippen LogP contribution is -2.70. The minimum atomic E-state index is -1.16. The molecule has 316 valence electrons. The molecule has 12 atom stereocenters. The monoisotopic (exact) mass is 788 g/mol. The maximum absolute atomic E-state index is 12.6. The minimum absolute atomic E-state index is 0.0478. The zero-order chi connectivity index (χ0) is 41.4. The molecule has 10 nitrogen and oxygen atoms in total. The van der Waals surface area contributed by atoms with E-state index in [0.717, 1.165) is 62.9 Å². The van der Waals surface area contributed by atoms with Crippen molar-refractivity contribution in [1.82, 2.24) is 25.1 Å². The number of ether oxygens (including phenoxy) is 3. The highest BCUT2D eigenvalue weighted by molar-refractivity contribution is 5.57. The van der Waals surface area contributed by atoms with Gasteiger partial charge in [0.1, 0.15) is 12.4 Å². The fourth-order valence-electron chi connectivity index (χ4n) is 13.2. The van der Waals surface area contributed by atoms with Crippen molar-refractivity contribution >= 4 is 6.16 Å². The van der Waals surface area contributed by atoms with Crippen molar-refractivity contribution < 1.29 is 24.1 Å². The molecule has 57 heavy (non-hydrogen) atoms. The quantitative estimate of drug-likeness (QED) is 0.169. The molecule has 3 heterocycles. The number of fused-ring (bicyclic) bond motifs is 3. The second-order valence-electron chi connectivity index (χ2n) is 21.6. The van der Waals surface area contributed by atoms with Gasteiger partial charge in [0.2, 0.25) is 0 Å². The lowest BCUT2D eigenvalue weighted by atomic mass is 9.35. The van der Waals surface area contributed by atoms with E-state index in [1.807, 2.05) is 24.5 Å². The van der Waals surface area contributed by atoms with Crippen molar-refractivity contribution in [3.63, 3.8) is 0 Å². The first-order valence-electron chi connectivity index (χ1n) is 22.1. The number of carbonyl (C=O) groups is 1. The van der Waals surface area contributed by atoms with Gasteiger partial charge in [0, 0.05) is 45.2 Å². The van der Waals surface area contributed by atoms with Crippen LogP contribution in [0.25, 0.3) is 11.4 Å². The molecule has 0 amide bonds. The molecule has 2 aromatic heterocycles. The Morgan fingerprint density at radius 1 is 1.05 bits per heavy atom. The summed E-state index contributed by atoms with van der Waals surface area (Å²) in [5.41, 5.74) is 0.902. The van der Waals surface area contributed by atoms with Crippen LogP contribution in [0.3, 0.4) is 0 Å². The highest BCUT2D eigenvalue weighted by Gasteiger charge is 2.72. The van der Waals surface area contributed by atoms with Crippen molar-refractivity contribution in [2.75, 3.05) is 26.4 Å². The van der Waals surface area contributed by atoms with Gasteiger partial charge in [-0.15, -0.1) is 0 Å². The van der Waals surface area contributed by atoms with Crippen LogP contribution in [0, 0.1) is 56.2 Å². The van der Waals surface area contributed by atoms with E-state index < -0.39 is 12.3 Å². The van der Waals surface area contributed by atoms with E-state index >= 15 is 0 Å². The fourth-order valence-corrected chi connectivity index (χ4v) is 13.2. The van der Waals surface area contributed by atoms with Crippen molar-refractivity contribution in [3.8, 4) is 11.4 Å². The SMILES string of the molecule is CCCN[C@@](C)(CO[C@H]1[C@H](n2ncnc2-c2ccncc2)C[C@@]23COC[C@]1(C)[C@@H]2CC[C@H]1C3=CC[C@]2(C)[C@H](OC(=O)O)[C@@](C)([C@H](C)C(C)C)CC[C@]12C)C(C)(C)C. The summed E-state index contributed by atoms with van der Waals surface area (Å²) in [6, 6.07) is 3.94. The molecule has 7 rings (SSSR count). The van der Waals surface area contributed by atoms with Crippen LogP contribution in [0.15, 0.2) is 42.5 Å². The topological polar surface area (TPSA) is 121 Å². The number of pyridine rings is 1. The summed E-state index contributed by atoms with van der Waals surface area (Å²) in [5, 5.41) is 19.2. The highest BCUT2D eigenvalue weighted by atomic mass is 16.7. The first kappa shape index (κ1) is 42.3. The normalized spacial score (nSPS) is 39.2. The van der Waals surface area contributed by atoms with Gasteiger partial charge in [-0.05, 0) is 105 Å². The van der Waals surface area contributed by atoms with E-state index in [0.29, 0.717) is 37.6 Å². The third kappa shape index (κ3) is 6.43. The number of rotatable bonds is 11. The van der Waals surface area contributed by atoms with E-state index in [1.54, 1.807) is 6.33 Å². The summed E-state index contributed by atoms with van der Waals surface area (Å²) >= 11 is 0. The molecule has 2 bridgehead atoms. The second-order valence-corrected chi connectivity index (χ2v) is 21.6. The van der Waals surface area contributed by atoms with Gasteiger partial charge in [-0.1, -0.05) is 87.8 Å². The predicted molar refractivity (Wildman–Crippen MR) is 224 cm³/mol. The number of carboxylic acid groups (broad SMARTS) is 1. The van der Waals surface area contributed by atoms with Crippen molar-refractivity contribution in [2.45, 2.75) is 152 Å². The molecule has 0 radical (unpaired) electrons. The van der Waals surface area contributed by atoms with Gasteiger partial charge in [-0.25, -0.2) is 14.5 Å². The molecule has 5 aliphatic rings. The Balaban J connectivity index is 1.34. The first-order valence-corrected chi connectivity index (χ1v) is 22.1. The number of aromatic nitrogens is 4. The number of nitrogens with zero attached hydrogens (tertiary/aromatic N) is 4. The third-order valence-electron chi connectivity index (χ3n) is 17.7. The zero-order valence-corrected chi connectivity index (χ0v) is 37.2. The molecular weight excluding hydrogens is 715 g/mol. The molecular formula is C47H73N5O5. The average molecular weight is 788 g/mol. The Morgan fingerprint density at radius 2 is 1.77 bits per heavy atom. The molecule has 0 spiro atoms. The molecule has 0 aromatic carbocycles. The summed E-state index contributed by atoms with van der Waals surface area (Å²) in [6.07, 6.45) is 12.9. The lowest BCUT2D eigenvalue weighted by Gasteiger charge is -2.71. The standard InChI is InChI=1S/C47H73N5O5/c1-13-22-50-46(12,41(5,6)7)27-56-37-35(52-38(49-29-51-52)32-17-23-48-24-18-32)25-47-28-55-26-43(37,9)36(47)15-14-33-34(47)16-19-45(11)39(57-40(53)54)42(8,31(4)30(2)3)20-21-44(33,45)10/h16-18,23-24,29-31,33,35-37,39,50H,13-15,19-22,25-28H2,1-12H3,(H,53,54)/t31-,33+,35-,36+,37+,39-,42-,43-,44-,45-,46+,47+/m1/s1. The van der Waals surface area contributed by atoms with Gasteiger partial charge in [-0.3, -0.25) is 4.98 Å². The maximum Gasteiger partial charge on any atom is 0.506 e. The minimum Gasteiger partial charge on any atom is -0.450 e. The molecule has 4 aliphatic carbocycles. The zero-order valence-electron chi connectivity index (χ0n) is 37.2. The van der Waals surface area contributed by atoms with Crippen LogP contribution in [0.5, 0.6) is 0 Å². The van der Waals surface area contributed by atoms with E-state index in [1.165, 1.54) is 5.57 Å². The summed E-state index contributed by atoms with van der Waals surface area (Å²) in [7, 11) is 0. The molecule has 1 aliphatic heterocycles. The van der Waals surface area contributed by atoms with E-state index in [9.17, 15) is 9.90 Å². The van der Waals surface area contributed by atoms with Crippen LogP contribution < -0.4 is 5.32 Å². The van der Waals surface area contributed by atoms with Crippen LogP contribution in [0.2, 0.25) is 0 Å². The summed E-state index contributed by atoms with van der Waals surface area (Å²) < 4.78 is 22.7. The molecule has 10 heteroatoms. The van der Waals surface area contributed by atoms with E-state index in [4.69, 9.17) is 24.3 Å². The Labute approximate surface area is 342 Å². The smallest absolute Gasteiger partial charge is 0.450 e. The van der Waals surface area contributed by atoms with Crippen LogP contribution in [-0.2, 0) is 14.2 Å². The number of allylic oxidation sites excluding steroid dienone is 1. The van der Waals surface area contributed by atoms with Crippen LogP contribution in [0.1, 0.15) is 134 Å². The molecule has 2 N–H and O–H groups in total. The Kier molecular flexibility index (Phi) is 10.9. The molecule has 1 saturated heterocycles. The molecule has 2 aromatic rings. The lowest BCUT2D eigenvalue weighted by molar-refractivity contribution is -0.257. The van der Waals surface area contributed by atoms with Crippen molar-refractivity contribution in [3.05, 3.63) is 42.5 Å². The second kappa shape index (κ2) is 14.7. The number of hydrogen-bond donors (Lipinski definition) is 2. The van der Waals surface area contributed by atoms with Crippen LogP contribution >= 0.6 is 0 Å². The molecule has 3 saturated carbocycles. The van der Waals surface area contributed by atoms with Crippen molar-refractivity contribution in [1.29, 1.82) is 0 Å². The third-order valence-corrected chi connectivity index (χ3v) is 17.7. The van der Waals surface area contributed by atoms with Gasteiger partial charge in [0.15, 0.2) is 5.82 Å². The van der Waals surface area contributed by atoms with Gasteiger partial charge in [-0.2, -0.15) is 5.10 Å². The fraction of sp³-hybridized carbons (Fsp3) is 0.787. The summed E-state index contributed by atoms with van der Waals surface area (Å²) in [5.74, 6) is 2.19. The number of nitrogens with one attached hydrogen (secondary N) is 1. The van der Waals surface area contributed by atoms with E-state index in [2.05, 4.69) is 104 Å². The Morgan fingerprint density at radius 3 is 2.42 bits per heavy atom. The van der Waals surface area contributed by atoms with Crippen LogP contribution in [0.4, 0.5) is 4.79 Å².